The van der Waals surface area contributed by atoms with Crippen LogP contribution in [0.5, 0.6) is 0 Å². The summed E-state index contributed by atoms with van der Waals surface area (Å²) in [4.78, 5) is 15.5. The largest absolute Gasteiger partial charge is 2.00 e. The van der Waals surface area contributed by atoms with Crippen molar-refractivity contribution in [2.24, 2.45) is 0 Å². The number of rotatable bonds is 5. The minimum atomic E-state index is -0.0208. The van der Waals surface area contributed by atoms with Crippen LogP contribution in [0.25, 0.3) is 0 Å². The van der Waals surface area contributed by atoms with E-state index in [4.69, 9.17) is 4.74 Å². The van der Waals surface area contributed by atoms with Crippen LogP contribution in [-0.2, 0) is 26.6 Å². The Hall–Kier alpha value is 0.469. The molecule has 3 fully saturated rings. The van der Waals surface area contributed by atoms with Crippen molar-refractivity contribution < 1.29 is 26.6 Å². The molecule has 25 heavy (non-hydrogen) atoms. The van der Waals surface area contributed by atoms with Crippen LogP contribution in [0.3, 0.4) is 0 Å². The number of hydrogen-bond donors (Lipinski definition) is 0. The average molecular weight is 448 g/mol. The third-order valence-electron chi connectivity index (χ3n) is 4.33. The van der Waals surface area contributed by atoms with E-state index < -0.39 is 0 Å². The van der Waals surface area contributed by atoms with Crippen molar-refractivity contribution in [3.8, 4) is 0 Å². The zero-order valence-electron chi connectivity index (χ0n) is 15.3. The topological polar surface area (TPSA) is 29.5 Å². The third kappa shape index (κ3) is 7.18. The second-order valence-corrected chi connectivity index (χ2v) is 8.93. The number of carbonyl (C=O) groups excluding carboxylic acids is 1. The Morgan fingerprint density at radius 2 is 1.76 bits per heavy atom. The van der Waals surface area contributed by atoms with Gasteiger partial charge in [-0.15, -0.1) is 0 Å². The average Bonchev–Trinajstić information content (AvgIpc) is 3.29. The Kier molecular flexibility index (Phi) is 11.3. The molecule has 0 N–H and O–H groups in total. The van der Waals surface area contributed by atoms with Gasteiger partial charge in [-0.1, -0.05) is 0 Å². The molecule has 0 aromatic rings. The summed E-state index contributed by atoms with van der Waals surface area (Å²) in [6.07, 6.45) is 18.2. The molecule has 136 valence electrons. The maximum atomic E-state index is 11.5. The molecule has 1 heterocycles. The van der Waals surface area contributed by atoms with Crippen molar-refractivity contribution in [3.63, 3.8) is 0 Å². The van der Waals surface area contributed by atoms with Crippen LogP contribution in [0.4, 0.5) is 0 Å². The van der Waals surface area contributed by atoms with Crippen molar-refractivity contribution in [2.75, 3.05) is 14.1 Å². The minimum absolute atomic E-state index is 0. The molecule has 0 spiro atoms. The Morgan fingerprint density at radius 3 is 2.28 bits per heavy atom. The first kappa shape index (κ1) is 23.5. The molecule has 2 saturated carbocycles. The summed E-state index contributed by atoms with van der Waals surface area (Å²) in [6.45, 7) is 4.32. The Labute approximate surface area is 172 Å². The van der Waals surface area contributed by atoms with Crippen molar-refractivity contribution in [2.45, 2.75) is 43.7 Å². The van der Waals surface area contributed by atoms with Crippen LogP contribution in [-0.4, -0.2) is 52.1 Å². The minimum Gasteiger partial charge on any atom is -0.0312 e. The van der Waals surface area contributed by atoms with Crippen LogP contribution in [0.15, 0.2) is 0 Å². The Morgan fingerprint density at radius 1 is 1.16 bits per heavy atom. The quantitative estimate of drug-likeness (QED) is 0.479. The Balaban J connectivity index is 0.000000448. The number of cyclic esters (lactones) is 1. The van der Waals surface area contributed by atoms with Crippen LogP contribution in [0.1, 0.15) is 26.7 Å². The van der Waals surface area contributed by atoms with Crippen molar-refractivity contribution in [3.05, 3.63) is 62.1 Å². The first-order valence-corrected chi connectivity index (χ1v) is 10.3. The molecule has 2 aliphatic carbocycles. The summed E-state index contributed by atoms with van der Waals surface area (Å²) >= 11 is 0.315. The molecule has 3 nitrogen and oxygen atoms in total. The van der Waals surface area contributed by atoms with Gasteiger partial charge in [0, 0.05) is 0 Å². The Bertz CT molecular complexity index is 382. The SMILES string of the molecule is CC[C@@H]1OC(=O)C[C@H]1[Se][C]1[CH][CH][CH][C]1[C@@H](C)N(C)C.[CH]1[CH][CH][CH][CH]1.[Fe+2]. The first-order chi connectivity index (χ1) is 11.5. The monoisotopic (exact) mass is 449 g/mol. The number of carbonyl (C=O) groups is 1. The van der Waals surface area contributed by atoms with Gasteiger partial charge in [0.2, 0.25) is 0 Å². The van der Waals surface area contributed by atoms with Gasteiger partial charge in [0.25, 0.3) is 0 Å². The summed E-state index contributed by atoms with van der Waals surface area (Å²) in [7, 11) is 4.21. The van der Waals surface area contributed by atoms with E-state index in [2.05, 4.69) is 52.1 Å². The van der Waals surface area contributed by atoms with Gasteiger partial charge in [0.05, 0.1) is 0 Å². The molecule has 3 atom stereocenters. The molecule has 0 aromatic carbocycles. The second-order valence-electron chi connectivity index (χ2n) is 6.24. The number of nitrogens with zero attached hydrogens (tertiary/aromatic N) is 1. The molecule has 0 bridgehead atoms. The number of hydrogen-bond acceptors (Lipinski definition) is 3. The van der Waals surface area contributed by atoms with E-state index in [0.717, 1.165) is 6.42 Å². The molecule has 1 saturated heterocycles. The fourth-order valence-electron chi connectivity index (χ4n) is 2.68. The van der Waals surface area contributed by atoms with Crippen LogP contribution >= 0.6 is 0 Å². The van der Waals surface area contributed by atoms with Crippen molar-refractivity contribution in [1.82, 2.24) is 4.90 Å². The van der Waals surface area contributed by atoms with Crippen molar-refractivity contribution in [1.29, 1.82) is 0 Å². The van der Waals surface area contributed by atoms with E-state index in [0.29, 0.717) is 32.2 Å². The molecule has 3 rings (SSSR count). The van der Waals surface area contributed by atoms with Crippen molar-refractivity contribution >= 4 is 20.9 Å². The molecule has 0 unspecified atom stereocenters. The molecule has 10 radical (unpaired) electrons. The van der Waals surface area contributed by atoms with E-state index in [9.17, 15) is 4.79 Å². The van der Waals surface area contributed by atoms with Gasteiger partial charge in [-0.2, -0.15) is 0 Å². The van der Waals surface area contributed by atoms with Gasteiger partial charge in [0.1, 0.15) is 0 Å². The maximum Gasteiger partial charge on any atom is 2.00 e. The van der Waals surface area contributed by atoms with E-state index in [-0.39, 0.29) is 29.1 Å². The van der Waals surface area contributed by atoms with Gasteiger partial charge < -0.3 is 0 Å². The first-order valence-electron chi connectivity index (χ1n) is 8.47. The number of ether oxygens (including phenoxy) is 1. The van der Waals surface area contributed by atoms with E-state index in [1.165, 1.54) is 10.7 Å². The molecule has 1 aliphatic heterocycles. The fraction of sp³-hybridized carbons (Fsp3) is 0.450. The van der Waals surface area contributed by atoms with Gasteiger partial charge in [-0.05, 0) is 32.1 Å². The summed E-state index contributed by atoms with van der Waals surface area (Å²) in [6, 6.07) is 0.421. The van der Waals surface area contributed by atoms with Crippen LogP contribution < -0.4 is 0 Å². The zero-order valence-corrected chi connectivity index (χ0v) is 18.1. The molecule has 0 aromatic heterocycles. The molecule has 3 aliphatic rings. The summed E-state index contributed by atoms with van der Waals surface area (Å²) in [5.74, 6) is 1.38. The van der Waals surface area contributed by atoms with Gasteiger partial charge in [-0.25, -0.2) is 0 Å². The summed E-state index contributed by atoms with van der Waals surface area (Å²) in [5, 5.41) is 0. The predicted molar refractivity (Wildman–Crippen MR) is 98.3 cm³/mol. The van der Waals surface area contributed by atoms with Gasteiger partial charge in [0.15, 0.2) is 0 Å². The zero-order chi connectivity index (χ0) is 17.5. The normalized spacial score (nSPS) is 28.4. The molecular formula is C20H27FeNO2Se+2. The third-order valence-corrected chi connectivity index (χ3v) is 7.27. The fourth-order valence-corrected chi connectivity index (χ4v) is 5.78. The van der Waals surface area contributed by atoms with Crippen LogP contribution in [0.2, 0.25) is 4.82 Å². The van der Waals surface area contributed by atoms with Crippen LogP contribution in [0, 0.1) is 62.1 Å². The smallest absolute Gasteiger partial charge is 0.0312 e. The van der Waals surface area contributed by atoms with E-state index in [1.807, 2.05) is 32.1 Å². The van der Waals surface area contributed by atoms with E-state index in [1.54, 1.807) is 0 Å². The summed E-state index contributed by atoms with van der Waals surface area (Å²) < 4.78 is 5.39. The molecule has 5 heteroatoms. The van der Waals surface area contributed by atoms with E-state index >= 15 is 0 Å². The second kappa shape index (κ2) is 12.0. The number of esters is 1. The standard InChI is InChI=1S/C15H22NO2Se.C5H5.Fe/c1-5-12-14(9-15(17)18-12)19-13-8-6-7-11(13)10(2)16(3)4;1-2-4-5-3-1;/h6-8,10,12,14H,5,9H2,1-4H3;1-5H;/q;;+2/t10-,12+,14-;;/m1../s1. The summed E-state index contributed by atoms with van der Waals surface area (Å²) in [5.41, 5.74) is 0. The predicted octanol–water partition coefficient (Wildman–Crippen LogP) is 2.91. The molecule has 0 amide bonds. The molecular weight excluding hydrogens is 421 g/mol. The van der Waals surface area contributed by atoms with Gasteiger partial charge in [-0.3, -0.25) is 0 Å². The maximum absolute atomic E-state index is 11.5. The van der Waals surface area contributed by atoms with Gasteiger partial charge >= 0.3 is 140 Å².